The third kappa shape index (κ3) is 5.01. The van der Waals surface area contributed by atoms with Gasteiger partial charge in [-0.05, 0) is 54.4 Å². The standard InChI is InChI=1S/C21H21F3N2O3/c1-4-26(5-2)14(3)13-27-20-18-12-16(8-11-19(18)29-25-20)15-6-9-17(10-7-15)28-21(22,23)24/h6-12H,3-5,13H2,1-2H3. The first-order valence-corrected chi connectivity index (χ1v) is 9.12. The van der Waals surface area contributed by atoms with Gasteiger partial charge in [0.25, 0.3) is 5.88 Å². The van der Waals surface area contributed by atoms with Gasteiger partial charge >= 0.3 is 6.36 Å². The number of alkyl halides is 3. The van der Waals surface area contributed by atoms with E-state index in [4.69, 9.17) is 9.26 Å². The SMILES string of the molecule is C=C(COc1noc2ccc(-c3ccc(OC(F)(F)F)cc3)cc12)N(CC)CC. The van der Waals surface area contributed by atoms with Crippen LogP contribution in [0.1, 0.15) is 13.8 Å². The fourth-order valence-electron chi connectivity index (χ4n) is 2.96. The zero-order valence-electron chi connectivity index (χ0n) is 16.1. The summed E-state index contributed by atoms with van der Waals surface area (Å²) < 4.78 is 51.9. The molecule has 0 aliphatic rings. The van der Waals surface area contributed by atoms with Gasteiger partial charge in [0.05, 0.1) is 5.39 Å². The molecule has 0 amide bonds. The molecule has 5 nitrogen and oxygen atoms in total. The molecule has 8 heteroatoms. The molecule has 2 aromatic carbocycles. The van der Waals surface area contributed by atoms with Crippen LogP contribution in [0, 0.1) is 0 Å². The summed E-state index contributed by atoms with van der Waals surface area (Å²) in [5.74, 6) is 0.0680. The molecule has 29 heavy (non-hydrogen) atoms. The van der Waals surface area contributed by atoms with E-state index in [-0.39, 0.29) is 12.4 Å². The van der Waals surface area contributed by atoms with Gasteiger partial charge in [-0.2, -0.15) is 0 Å². The molecule has 0 unspecified atom stereocenters. The van der Waals surface area contributed by atoms with Gasteiger partial charge in [0, 0.05) is 18.8 Å². The molecule has 0 bridgehead atoms. The number of nitrogens with zero attached hydrogens (tertiary/aromatic N) is 2. The molecule has 0 saturated carbocycles. The average Bonchev–Trinajstić information content (AvgIpc) is 3.09. The number of fused-ring (bicyclic) bond motifs is 1. The molecular weight excluding hydrogens is 385 g/mol. The molecule has 0 aliphatic carbocycles. The number of benzene rings is 2. The lowest BCUT2D eigenvalue weighted by Crippen LogP contribution is -2.25. The van der Waals surface area contributed by atoms with Crippen LogP contribution in [0.5, 0.6) is 11.6 Å². The molecule has 0 N–H and O–H groups in total. The topological polar surface area (TPSA) is 47.7 Å². The van der Waals surface area contributed by atoms with Crippen LogP contribution >= 0.6 is 0 Å². The summed E-state index contributed by atoms with van der Waals surface area (Å²) in [6.07, 6.45) is -4.72. The minimum absolute atomic E-state index is 0.272. The highest BCUT2D eigenvalue weighted by molar-refractivity contribution is 5.87. The van der Waals surface area contributed by atoms with Crippen molar-refractivity contribution in [1.29, 1.82) is 0 Å². The lowest BCUT2D eigenvalue weighted by molar-refractivity contribution is -0.274. The fourth-order valence-corrected chi connectivity index (χ4v) is 2.96. The van der Waals surface area contributed by atoms with Gasteiger partial charge in [0.15, 0.2) is 5.58 Å². The molecule has 154 valence electrons. The number of halogens is 3. The van der Waals surface area contributed by atoms with Gasteiger partial charge in [-0.15, -0.1) is 13.2 Å². The van der Waals surface area contributed by atoms with Crippen molar-refractivity contribution < 1.29 is 27.2 Å². The molecule has 0 saturated heterocycles. The van der Waals surface area contributed by atoms with E-state index < -0.39 is 6.36 Å². The summed E-state index contributed by atoms with van der Waals surface area (Å²) in [6, 6.07) is 11.0. The minimum Gasteiger partial charge on any atom is -0.469 e. The lowest BCUT2D eigenvalue weighted by atomic mass is 10.0. The van der Waals surface area contributed by atoms with Crippen molar-refractivity contribution in [2.24, 2.45) is 0 Å². The summed E-state index contributed by atoms with van der Waals surface area (Å²) in [6.45, 7) is 10.0. The van der Waals surface area contributed by atoms with Crippen LogP contribution in [0.3, 0.4) is 0 Å². The Hall–Kier alpha value is -3.16. The number of likely N-dealkylation sites (N-methyl/N-ethyl adjacent to an activating group) is 1. The van der Waals surface area contributed by atoms with Crippen molar-refractivity contribution >= 4 is 11.0 Å². The zero-order valence-corrected chi connectivity index (χ0v) is 16.1. The van der Waals surface area contributed by atoms with Crippen molar-refractivity contribution in [3.63, 3.8) is 0 Å². The molecular formula is C21H21F3N2O3. The second kappa shape index (κ2) is 8.46. The quantitative estimate of drug-likeness (QED) is 0.485. The van der Waals surface area contributed by atoms with Crippen molar-refractivity contribution in [2.45, 2.75) is 20.2 Å². The maximum Gasteiger partial charge on any atom is 0.573 e. The van der Waals surface area contributed by atoms with Crippen LogP contribution in [0.15, 0.2) is 59.3 Å². The maximum atomic E-state index is 12.3. The largest absolute Gasteiger partial charge is 0.573 e. The van der Waals surface area contributed by atoms with Gasteiger partial charge in [0.1, 0.15) is 12.4 Å². The first-order valence-electron chi connectivity index (χ1n) is 9.12. The first-order chi connectivity index (χ1) is 13.8. The molecule has 1 heterocycles. The van der Waals surface area contributed by atoms with Gasteiger partial charge in [-0.25, -0.2) is 0 Å². The molecule has 0 atom stereocenters. The van der Waals surface area contributed by atoms with E-state index in [0.29, 0.717) is 16.8 Å². The summed E-state index contributed by atoms with van der Waals surface area (Å²) in [4.78, 5) is 2.08. The summed E-state index contributed by atoms with van der Waals surface area (Å²) in [5.41, 5.74) is 2.89. The number of hydrogen-bond acceptors (Lipinski definition) is 5. The maximum absolute atomic E-state index is 12.3. The van der Waals surface area contributed by atoms with E-state index in [1.165, 1.54) is 12.1 Å². The molecule has 0 spiro atoms. The Bertz CT molecular complexity index is 977. The van der Waals surface area contributed by atoms with E-state index in [1.54, 1.807) is 24.3 Å². The van der Waals surface area contributed by atoms with Crippen LogP contribution in [0.25, 0.3) is 22.1 Å². The molecule has 3 aromatic rings. The third-order valence-electron chi connectivity index (χ3n) is 4.44. The van der Waals surface area contributed by atoms with Crippen LogP contribution in [-0.4, -0.2) is 36.1 Å². The third-order valence-corrected chi connectivity index (χ3v) is 4.44. The Balaban J connectivity index is 1.79. The van der Waals surface area contributed by atoms with Crippen LogP contribution in [0.4, 0.5) is 13.2 Å². The molecule has 0 radical (unpaired) electrons. The van der Waals surface area contributed by atoms with Crippen molar-refractivity contribution in [1.82, 2.24) is 10.1 Å². The van der Waals surface area contributed by atoms with E-state index in [0.717, 1.165) is 29.9 Å². The van der Waals surface area contributed by atoms with Crippen LogP contribution in [-0.2, 0) is 0 Å². The van der Waals surface area contributed by atoms with Gasteiger partial charge < -0.3 is 18.9 Å². The number of hydrogen-bond donors (Lipinski definition) is 0. The zero-order chi connectivity index (χ0) is 21.0. The van der Waals surface area contributed by atoms with Gasteiger partial charge in [-0.1, -0.05) is 24.8 Å². The summed E-state index contributed by atoms with van der Waals surface area (Å²) >= 11 is 0. The van der Waals surface area contributed by atoms with Gasteiger partial charge in [-0.3, -0.25) is 0 Å². The Labute approximate surface area is 166 Å². The monoisotopic (exact) mass is 406 g/mol. The van der Waals surface area contributed by atoms with E-state index in [2.05, 4.69) is 21.4 Å². The summed E-state index contributed by atoms with van der Waals surface area (Å²) in [7, 11) is 0. The average molecular weight is 406 g/mol. The van der Waals surface area contributed by atoms with Crippen molar-refractivity contribution in [3.05, 3.63) is 54.7 Å². The van der Waals surface area contributed by atoms with E-state index in [1.807, 2.05) is 19.9 Å². The predicted molar refractivity (Wildman–Crippen MR) is 104 cm³/mol. The Kier molecular flexibility index (Phi) is 6.00. The molecule has 1 aromatic heterocycles. The van der Waals surface area contributed by atoms with E-state index in [9.17, 15) is 13.2 Å². The highest BCUT2D eigenvalue weighted by Gasteiger charge is 2.31. The predicted octanol–water partition coefficient (Wildman–Crippen LogP) is 5.63. The minimum atomic E-state index is -4.72. The highest BCUT2D eigenvalue weighted by atomic mass is 19.4. The number of rotatable bonds is 8. The first kappa shape index (κ1) is 20.6. The summed E-state index contributed by atoms with van der Waals surface area (Å²) in [5, 5.41) is 4.64. The van der Waals surface area contributed by atoms with E-state index >= 15 is 0 Å². The highest BCUT2D eigenvalue weighted by Crippen LogP contribution is 2.32. The smallest absolute Gasteiger partial charge is 0.469 e. The fraction of sp³-hybridized carbons (Fsp3) is 0.286. The van der Waals surface area contributed by atoms with Crippen molar-refractivity contribution in [3.8, 4) is 22.8 Å². The van der Waals surface area contributed by atoms with Gasteiger partial charge in [0.2, 0.25) is 0 Å². The van der Waals surface area contributed by atoms with Crippen LogP contribution < -0.4 is 9.47 Å². The Morgan fingerprint density at radius 1 is 1.07 bits per heavy atom. The Morgan fingerprint density at radius 2 is 1.72 bits per heavy atom. The number of aromatic nitrogens is 1. The normalized spacial score (nSPS) is 11.5. The molecule has 0 aliphatic heterocycles. The second-order valence-electron chi connectivity index (χ2n) is 6.30. The molecule has 0 fully saturated rings. The second-order valence-corrected chi connectivity index (χ2v) is 6.30. The van der Waals surface area contributed by atoms with Crippen LogP contribution in [0.2, 0.25) is 0 Å². The Morgan fingerprint density at radius 3 is 2.34 bits per heavy atom. The number of ether oxygens (including phenoxy) is 2. The van der Waals surface area contributed by atoms with Crippen molar-refractivity contribution in [2.75, 3.05) is 19.7 Å². The lowest BCUT2D eigenvalue weighted by Gasteiger charge is -2.22. The molecule has 3 rings (SSSR count).